The monoisotopic (exact) mass is 189 g/mol. The first-order valence-corrected chi connectivity index (χ1v) is 5.49. The number of benzene rings is 1. The molecule has 1 aromatic rings. The van der Waals surface area contributed by atoms with Gasteiger partial charge in [-0.1, -0.05) is 24.3 Å². The molecular formula is C13H19N. The van der Waals surface area contributed by atoms with Crippen molar-refractivity contribution in [2.45, 2.75) is 38.6 Å². The maximum absolute atomic E-state index is 5.88. The standard InChI is InChI=1S/C13H19N/c1-9-5-3-4-6-13(9)12-7-11(8-12)10(2)14/h3-6,10-12H,7-8,14H2,1-2H3. The Morgan fingerprint density at radius 1 is 1.29 bits per heavy atom. The minimum absolute atomic E-state index is 0.371. The van der Waals surface area contributed by atoms with Gasteiger partial charge in [0.1, 0.15) is 0 Å². The van der Waals surface area contributed by atoms with E-state index in [2.05, 4.69) is 38.1 Å². The zero-order valence-corrected chi connectivity index (χ0v) is 9.03. The summed E-state index contributed by atoms with van der Waals surface area (Å²) in [6.07, 6.45) is 2.56. The van der Waals surface area contributed by atoms with Crippen LogP contribution in [-0.2, 0) is 0 Å². The topological polar surface area (TPSA) is 26.0 Å². The molecule has 2 N–H and O–H groups in total. The molecule has 76 valence electrons. The van der Waals surface area contributed by atoms with Crippen molar-refractivity contribution in [1.29, 1.82) is 0 Å². The van der Waals surface area contributed by atoms with Gasteiger partial charge in [0.15, 0.2) is 0 Å². The van der Waals surface area contributed by atoms with Crippen molar-refractivity contribution in [2.24, 2.45) is 11.7 Å². The molecule has 14 heavy (non-hydrogen) atoms. The van der Waals surface area contributed by atoms with E-state index in [4.69, 9.17) is 5.73 Å². The molecule has 1 aliphatic carbocycles. The van der Waals surface area contributed by atoms with Gasteiger partial charge in [-0.3, -0.25) is 0 Å². The molecular weight excluding hydrogens is 170 g/mol. The van der Waals surface area contributed by atoms with Crippen molar-refractivity contribution in [3.63, 3.8) is 0 Å². The smallest absolute Gasteiger partial charge is 0.00391 e. The van der Waals surface area contributed by atoms with Crippen LogP contribution in [0.25, 0.3) is 0 Å². The van der Waals surface area contributed by atoms with Crippen LogP contribution >= 0.6 is 0 Å². The quantitative estimate of drug-likeness (QED) is 0.760. The van der Waals surface area contributed by atoms with Crippen LogP contribution in [0.5, 0.6) is 0 Å². The normalized spacial score (nSPS) is 28.2. The van der Waals surface area contributed by atoms with E-state index in [1.807, 2.05) is 0 Å². The van der Waals surface area contributed by atoms with Crippen molar-refractivity contribution >= 4 is 0 Å². The first kappa shape index (κ1) is 9.72. The molecule has 1 saturated carbocycles. The van der Waals surface area contributed by atoms with Gasteiger partial charge in [0.05, 0.1) is 0 Å². The van der Waals surface area contributed by atoms with Gasteiger partial charge in [0, 0.05) is 6.04 Å². The second-order valence-corrected chi connectivity index (χ2v) is 4.64. The van der Waals surface area contributed by atoms with Crippen LogP contribution in [0, 0.1) is 12.8 Å². The van der Waals surface area contributed by atoms with Crippen LogP contribution in [0.15, 0.2) is 24.3 Å². The molecule has 1 fully saturated rings. The maximum atomic E-state index is 5.88. The summed E-state index contributed by atoms with van der Waals surface area (Å²) in [4.78, 5) is 0. The van der Waals surface area contributed by atoms with Crippen molar-refractivity contribution in [1.82, 2.24) is 0 Å². The molecule has 0 bridgehead atoms. The predicted molar refractivity (Wildman–Crippen MR) is 60.3 cm³/mol. The van der Waals surface area contributed by atoms with Crippen LogP contribution in [0.4, 0.5) is 0 Å². The van der Waals surface area contributed by atoms with Crippen LogP contribution in [0.2, 0.25) is 0 Å². The lowest BCUT2D eigenvalue weighted by Gasteiger charge is -2.38. The highest BCUT2D eigenvalue weighted by atomic mass is 14.6. The molecule has 1 heteroatoms. The Morgan fingerprint density at radius 2 is 1.93 bits per heavy atom. The Morgan fingerprint density at radius 3 is 2.50 bits per heavy atom. The van der Waals surface area contributed by atoms with Gasteiger partial charge in [0.2, 0.25) is 0 Å². The SMILES string of the molecule is Cc1ccccc1C1CC(C(C)N)C1. The molecule has 1 nitrogen and oxygen atoms in total. The number of aryl methyl sites for hydroxylation is 1. The maximum Gasteiger partial charge on any atom is 0.00391 e. The summed E-state index contributed by atoms with van der Waals surface area (Å²) < 4.78 is 0. The molecule has 0 spiro atoms. The zero-order valence-electron chi connectivity index (χ0n) is 9.03. The van der Waals surface area contributed by atoms with Crippen LogP contribution in [-0.4, -0.2) is 6.04 Å². The highest BCUT2D eigenvalue weighted by Crippen LogP contribution is 2.43. The van der Waals surface area contributed by atoms with Crippen LogP contribution in [0.3, 0.4) is 0 Å². The summed E-state index contributed by atoms with van der Waals surface area (Å²) in [5.74, 6) is 1.52. The van der Waals surface area contributed by atoms with E-state index in [1.165, 1.54) is 24.0 Å². The Balaban J connectivity index is 2.03. The van der Waals surface area contributed by atoms with Crippen molar-refractivity contribution in [3.05, 3.63) is 35.4 Å². The van der Waals surface area contributed by atoms with E-state index in [9.17, 15) is 0 Å². The Labute approximate surface area is 86.3 Å². The molecule has 0 aliphatic heterocycles. The summed E-state index contributed by atoms with van der Waals surface area (Å²) in [5, 5.41) is 0. The minimum Gasteiger partial charge on any atom is -0.328 e. The lowest BCUT2D eigenvalue weighted by Crippen LogP contribution is -2.36. The summed E-state index contributed by atoms with van der Waals surface area (Å²) in [6.45, 7) is 4.33. The first-order valence-electron chi connectivity index (χ1n) is 5.49. The fraction of sp³-hybridized carbons (Fsp3) is 0.538. The molecule has 1 aliphatic rings. The summed E-state index contributed by atoms with van der Waals surface area (Å²) in [5.41, 5.74) is 8.84. The first-order chi connectivity index (χ1) is 6.68. The van der Waals surface area contributed by atoms with Crippen LogP contribution < -0.4 is 5.73 Å². The molecule has 0 amide bonds. The largest absolute Gasteiger partial charge is 0.328 e. The second kappa shape index (κ2) is 3.74. The van der Waals surface area contributed by atoms with Gasteiger partial charge in [0.25, 0.3) is 0 Å². The van der Waals surface area contributed by atoms with Gasteiger partial charge in [-0.15, -0.1) is 0 Å². The number of rotatable bonds is 2. The lowest BCUT2D eigenvalue weighted by atomic mass is 9.68. The van der Waals surface area contributed by atoms with Crippen molar-refractivity contribution in [2.75, 3.05) is 0 Å². The molecule has 2 rings (SSSR count). The molecule has 1 aromatic carbocycles. The minimum atomic E-state index is 0.371. The van der Waals surface area contributed by atoms with E-state index in [0.29, 0.717) is 6.04 Å². The molecule has 1 unspecified atom stereocenters. The third-order valence-corrected chi connectivity index (χ3v) is 3.55. The van der Waals surface area contributed by atoms with Crippen LogP contribution in [0.1, 0.15) is 36.8 Å². The van der Waals surface area contributed by atoms with Gasteiger partial charge in [-0.25, -0.2) is 0 Å². The highest BCUT2D eigenvalue weighted by Gasteiger charge is 2.32. The molecule has 1 atom stereocenters. The van der Waals surface area contributed by atoms with Crippen molar-refractivity contribution in [3.8, 4) is 0 Å². The Bertz CT molecular complexity index is 311. The Hall–Kier alpha value is -0.820. The summed E-state index contributed by atoms with van der Waals surface area (Å²) in [6, 6.07) is 9.09. The van der Waals surface area contributed by atoms with Gasteiger partial charge in [-0.05, 0) is 49.7 Å². The average Bonchev–Trinajstić information content (AvgIpc) is 2.05. The molecule has 0 saturated heterocycles. The predicted octanol–water partition coefficient (Wildman–Crippen LogP) is 2.84. The van der Waals surface area contributed by atoms with E-state index in [1.54, 1.807) is 0 Å². The second-order valence-electron chi connectivity index (χ2n) is 4.64. The molecule has 0 radical (unpaired) electrons. The van der Waals surface area contributed by atoms with Gasteiger partial charge < -0.3 is 5.73 Å². The van der Waals surface area contributed by atoms with E-state index >= 15 is 0 Å². The van der Waals surface area contributed by atoms with E-state index in [0.717, 1.165) is 11.8 Å². The van der Waals surface area contributed by atoms with Crippen molar-refractivity contribution < 1.29 is 0 Å². The average molecular weight is 189 g/mol. The fourth-order valence-corrected chi connectivity index (χ4v) is 2.39. The molecule has 0 heterocycles. The number of nitrogens with two attached hydrogens (primary N) is 1. The van der Waals surface area contributed by atoms with E-state index in [-0.39, 0.29) is 0 Å². The Kier molecular flexibility index (Phi) is 2.60. The van der Waals surface area contributed by atoms with Gasteiger partial charge in [-0.2, -0.15) is 0 Å². The molecule has 0 aromatic heterocycles. The summed E-state index contributed by atoms with van der Waals surface area (Å²) in [7, 11) is 0. The highest BCUT2D eigenvalue weighted by molar-refractivity contribution is 5.30. The third kappa shape index (κ3) is 1.69. The summed E-state index contributed by atoms with van der Waals surface area (Å²) >= 11 is 0. The van der Waals surface area contributed by atoms with E-state index < -0.39 is 0 Å². The number of hydrogen-bond donors (Lipinski definition) is 1. The number of hydrogen-bond acceptors (Lipinski definition) is 1. The van der Waals surface area contributed by atoms with Gasteiger partial charge >= 0.3 is 0 Å². The fourth-order valence-electron chi connectivity index (χ4n) is 2.39. The third-order valence-electron chi connectivity index (χ3n) is 3.55. The lowest BCUT2D eigenvalue weighted by molar-refractivity contribution is 0.229. The zero-order chi connectivity index (χ0) is 10.1.